The molecule has 1 aromatic heterocycles. The molecule has 0 aliphatic carbocycles. The molecular formula is C22H33N3O4. The Hall–Kier alpha value is -2.70. The van der Waals surface area contributed by atoms with Crippen LogP contribution in [0.2, 0.25) is 0 Å². The number of carbonyl (C=O) groups is 1. The quantitative estimate of drug-likeness (QED) is 0.506. The summed E-state index contributed by atoms with van der Waals surface area (Å²) in [5.74, 6) is 3.17. The molecule has 160 valence electrons. The van der Waals surface area contributed by atoms with Crippen molar-refractivity contribution in [2.24, 2.45) is 7.05 Å². The maximum Gasteiger partial charge on any atom is 0.222 e. The molecule has 7 heteroatoms. The number of benzene rings is 1. The average molecular weight is 404 g/mol. The second-order valence-corrected chi connectivity index (χ2v) is 6.94. The lowest BCUT2D eigenvalue weighted by Crippen LogP contribution is -2.27. The van der Waals surface area contributed by atoms with E-state index in [0.29, 0.717) is 31.1 Å². The van der Waals surface area contributed by atoms with Crippen molar-refractivity contribution >= 4 is 5.91 Å². The van der Waals surface area contributed by atoms with Gasteiger partial charge in [-0.1, -0.05) is 32.6 Å². The van der Waals surface area contributed by atoms with E-state index in [1.54, 1.807) is 12.3 Å². The summed E-state index contributed by atoms with van der Waals surface area (Å²) in [5, 5.41) is 2.77. The van der Waals surface area contributed by atoms with Gasteiger partial charge in [-0.05, 0) is 25.5 Å². The zero-order valence-corrected chi connectivity index (χ0v) is 17.8. The van der Waals surface area contributed by atoms with E-state index in [-0.39, 0.29) is 12.6 Å². The molecule has 3 rings (SSSR count). The lowest BCUT2D eigenvalue weighted by Gasteiger charge is -2.19. The molecule has 1 N–H and O–H groups in total. The second-order valence-electron chi connectivity index (χ2n) is 6.94. The Bertz CT molecular complexity index is 729. The number of unbranched alkanes of at least 4 members (excludes halogenated alkanes) is 4. The highest BCUT2D eigenvalue weighted by Gasteiger charge is 2.12. The van der Waals surface area contributed by atoms with Crippen LogP contribution in [0.3, 0.4) is 0 Å². The predicted octanol–water partition coefficient (Wildman–Crippen LogP) is 4.00. The zero-order chi connectivity index (χ0) is 20.9. The van der Waals surface area contributed by atoms with E-state index in [4.69, 9.17) is 14.2 Å². The molecular weight excluding hydrogens is 370 g/mol. The van der Waals surface area contributed by atoms with Crippen LogP contribution in [0, 0.1) is 6.92 Å². The molecule has 0 saturated heterocycles. The topological polar surface area (TPSA) is 74.6 Å². The van der Waals surface area contributed by atoms with Gasteiger partial charge in [0.1, 0.15) is 24.8 Å². The number of carbonyl (C=O) groups excluding carboxylic acids is 1. The molecule has 2 aromatic rings. The normalized spacial score (nSPS) is 12.0. The Labute approximate surface area is 173 Å². The molecule has 0 fully saturated rings. The van der Waals surface area contributed by atoms with E-state index < -0.39 is 0 Å². The number of ether oxygens (including phenoxy) is 3. The summed E-state index contributed by atoms with van der Waals surface area (Å²) >= 11 is 0. The summed E-state index contributed by atoms with van der Waals surface area (Å²) < 4.78 is 18.4. The molecule has 1 aromatic carbocycles. The first-order valence-electron chi connectivity index (χ1n) is 10.3. The maximum atomic E-state index is 11.7. The van der Waals surface area contributed by atoms with Crippen LogP contribution in [-0.4, -0.2) is 35.4 Å². The minimum absolute atomic E-state index is 0.0361. The van der Waals surface area contributed by atoms with Gasteiger partial charge in [0.15, 0.2) is 18.2 Å². The first-order valence-corrected chi connectivity index (χ1v) is 10.3. The SMILES string of the molecule is CCCCCCCC(=O)NCOc1ccc2c(c1)OCCO2.Cc1nccn1C. The third kappa shape index (κ3) is 8.46. The van der Waals surface area contributed by atoms with Crippen LogP contribution < -0.4 is 19.5 Å². The predicted molar refractivity (Wildman–Crippen MR) is 112 cm³/mol. The number of aryl methyl sites for hydroxylation is 2. The molecule has 1 aliphatic heterocycles. The highest BCUT2D eigenvalue weighted by molar-refractivity contribution is 5.75. The van der Waals surface area contributed by atoms with Crippen LogP contribution in [0.1, 0.15) is 51.3 Å². The summed E-state index contributed by atoms with van der Waals surface area (Å²) in [7, 11) is 1.97. The second kappa shape index (κ2) is 12.7. The Balaban J connectivity index is 0.000000360. The molecule has 7 nitrogen and oxygen atoms in total. The van der Waals surface area contributed by atoms with E-state index in [2.05, 4.69) is 17.2 Å². The number of nitrogens with one attached hydrogen (secondary N) is 1. The van der Waals surface area contributed by atoms with E-state index in [9.17, 15) is 4.79 Å². The van der Waals surface area contributed by atoms with Crippen molar-refractivity contribution in [3.63, 3.8) is 0 Å². The third-order valence-electron chi connectivity index (χ3n) is 4.59. The maximum absolute atomic E-state index is 11.7. The van der Waals surface area contributed by atoms with Gasteiger partial charge in [-0.25, -0.2) is 4.98 Å². The molecule has 29 heavy (non-hydrogen) atoms. The van der Waals surface area contributed by atoms with Crippen molar-refractivity contribution in [1.29, 1.82) is 0 Å². The van der Waals surface area contributed by atoms with Crippen molar-refractivity contribution in [2.45, 2.75) is 52.4 Å². The fraction of sp³-hybridized carbons (Fsp3) is 0.545. The van der Waals surface area contributed by atoms with E-state index in [1.807, 2.05) is 36.9 Å². The van der Waals surface area contributed by atoms with Crippen LogP contribution in [0.25, 0.3) is 0 Å². The largest absolute Gasteiger partial charge is 0.486 e. The number of nitrogens with zero attached hydrogens (tertiary/aromatic N) is 2. The molecule has 0 bridgehead atoms. The van der Waals surface area contributed by atoms with Gasteiger partial charge in [0.25, 0.3) is 0 Å². The van der Waals surface area contributed by atoms with E-state index >= 15 is 0 Å². The molecule has 0 saturated carbocycles. The fourth-order valence-electron chi connectivity index (χ4n) is 2.73. The molecule has 0 radical (unpaired) electrons. The minimum atomic E-state index is 0.0361. The van der Waals surface area contributed by atoms with Crippen LogP contribution in [0.15, 0.2) is 30.6 Å². The molecule has 2 heterocycles. The first-order chi connectivity index (χ1) is 14.1. The van der Waals surface area contributed by atoms with Crippen molar-refractivity contribution in [3.05, 3.63) is 36.4 Å². The lowest BCUT2D eigenvalue weighted by molar-refractivity contribution is -0.122. The van der Waals surface area contributed by atoms with Crippen molar-refractivity contribution in [3.8, 4) is 17.2 Å². The average Bonchev–Trinajstić information content (AvgIpc) is 3.11. The summed E-state index contributed by atoms with van der Waals surface area (Å²) in [5.41, 5.74) is 0. The Morgan fingerprint density at radius 1 is 1.17 bits per heavy atom. The summed E-state index contributed by atoms with van der Waals surface area (Å²) in [6.07, 6.45) is 10.0. The number of fused-ring (bicyclic) bond motifs is 1. The van der Waals surface area contributed by atoms with Gasteiger partial charge >= 0.3 is 0 Å². The lowest BCUT2D eigenvalue weighted by atomic mass is 10.1. The molecule has 0 spiro atoms. The van der Waals surface area contributed by atoms with Crippen molar-refractivity contribution < 1.29 is 19.0 Å². The van der Waals surface area contributed by atoms with Gasteiger partial charge in [0.2, 0.25) is 5.91 Å². The van der Waals surface area contributed by atoms with Crippen LogP contribution >= 0.6 is 0 Å². The Morgan fingerprint density at radius 2 is 1.93 bits per heavy atom. The number of hydrogen-bond acceptors (Lipinski definition) is 5. The summed E-state index contributed by atoms with van der Waals surface area (Å²) in [4.78, 5) is 15.6. The van der Waals surface area contributed by atoms with Gasteiger partial charge in [-0.2, -0.15) is 0 Å². The van der Waals surface area contributed by atoms with Crippen molar-refractivity contribution in [1.82, 2.24) is 14.9 Å². The monoisotopic (exact) mass is 403 g/mol. The Morgan fingerprint density at radius 3 is 2.59 bits per heavy atom. The van der Waals surface area contributed by atoms with Gasteiger partial charge in [-0.3, -0.25) is 4.79 Å². The van der Waals surface area contributed by atoms with Gasteiger partial charge in [-0.15, -0.1) is 0 Å². The highest BCUT2D eigenvalue weighted by atomic mass is 16.6. The third-order valence-corrected chi connectivity index (χ3v) is 4.59. The van der Waals surface area contributed by atoms with Gasteiger partial charge in [0, 0.05) is 31.9 Å². The van der Waals surface area contributed by atoms with Gasteiger partial charge < -0.3 is 24.1 Å². The molecule has 0 atom stereocenters. The minimum Gasteiger partial charge on any atom is -0.486 e. The number of aromatic nitrogens is 2. The van der Waals surface area contributed by atoms with Crippen molar-refractivity contribution in [2.75, 3.05) is 19.9 Å². The Kier molecular flexibility index (Phi) is 9.89. The standard InChI is InChI=1S/C17H25NO4.C5H8N2/c1-2-3-4-5-6-7-17(19)18-13-22-14-8-9-15-16(12-14)21-11-10-20-15;1-5-6-3-4-7(5)2/h8-9,12H,2-7,10-11,13H2,1H3,(H,18,19);3-4H,1-2H3. The number of hydrogen-bond donors (Lipinski definition) is 1. The van der Waals surface area contributed by atoms with Crippen LogP contribution in [0.5, 0.6) is 17.2 Å². The number of imidazole rings is 1. The first kappa shape index (κ1) is 22.6. The molecule has 1 amide bonds. The highest BCUT2D eigenvalue weighted by Crippen LogP contribution is 2.33. The fourth-order valence-corrected chi connectivity index (χ4v) is 2.73. The summed E-state index contributed by atoms with van der Waals surface area (Å²) in [6, 6.07) is 5.41. The van der Waals surface area contributed by atoms with Crippen LogP contribution in [0.4, 0.5) is 0 Å². The van der Waals surface area contributed by atoms with Crippen LogP contribution in [-0.2, 0) is 11.8 Å². The zero-order valence-electron chi connectivity index (χ0n) is 17.8. The number of amides is 1. The van der Waals surface area contributed by atoms with E-state index in [1.165, 1.54) is 19.3 Å². The van der Waals surface area contributed by atoms with Gasteiger partial charge in [0.05, 0.1) is 0 Å². The smallest absolute Gasteiger partial charge is 0.222 e. The summed E-state index contributed by atoms with van der Waals surface area (Å²) in [6.45, 7) is 5.45. The molecule has 1 aliphatic rings. The van der Waals surface area contributed by atoms with E-state index in [0.717, 1.165) is 24.4 Å². The molecule has 0 unspecified atom stereocenters. The number of rotatable bonds is 9.